The number of benzene rings is 2. The van der Waals surface area contributed by atoms with Gasteiger partial charge in [-0.2, -0.15) is 0 Å². The van der Waals surface area contributed by atoms with Gasteiger partial charge >= 0.3 is 0 Å². The van der Waals surface area contributed by atoms with Crippen molar-refractivity contribution in [2.75, 3.05) is 47.9 Å². The molecule has 0 amide bonds. The van der Waals surface area contributed by atoms with Gasteiger partial charge in [-0.25, -0.2) is 0 Å². The third-order valence-electron chi connectivity index (χ3n) is 5.72. The van der Waals surface area contributed by atoms with Crippen LogP contribution in [0.4, 0.5) is 0 Å². The number of guanidine groups is 1. The van der Waals surface area contributed by atoms with Crippen molar-refractivity contribution >= 4 is 29.9 Å². The number of rotatable bonds is 9. The van der Waals surface area contributed by atoms with Crippen LogP contribution in [0.25, 0.3) is 0 Å². The second kappa shape index (κ2) is 13.6. The molecule has 1 saturated heterocycles. The van der Waals surface area contributed by atoms with Crippen LogP contribution in [0.15, 0.2) is 53.5 Å². The number of likely N-dealkylation sites (tertiary alicyclic amines) is 1. The molecule has 1 aliphatic heterocycles. The fraction of sp³-hybridized carbons (Fsp3) is 0.480. The molecule has 1 aliphatic rings. The number of ether oxygens (including phenoxy) is 1. The van der Waals surface area contributed by atoms with Crippen LogP contribution in [0.5, 0.6) is 5.75 Å². The molecule has 0 aromatic heterocycles. The minimum atomic E-state index is 0. The number of nitrogens with one attached hydrogen (secondary N) is 2. The van der Waals surface area contributed by atoms with E-state index in [9.17, 15) is 0 Å². The molecule has 2 aromatic rings. The van der Waals surface area contributed by atoms with E-state index in [-0.39, 0.29) is 24.0 Å². The average molecular weight is 552 g/mol. The lowest BCUT2D eigenvalue weighted by Crippen LogP contribution is -2.42. The van der Waals surface area contributed by atoms with E-state index in [1.54, 1.807) is 7.11 Å². The summed E-state index contributed by atoms with van der Waals surface area (Å²) in [5.74, 6) is 1.72. The molecule has 0 aliphatic carbocycles. The molecule has 0 saturated carbocycles. The maximum Gasteiger partial charge on any atom is 0.191 e. The van der Waals surface area contributed by atoms with E-state index in [1.165, 1.54) is 29.5 Å². The molecule has 1 unspecified atom stereocenters. The molecule has 3 rings (SSSR count). The quantitative estimate of drug-likeness (QED) is 0.282. The van der Waals surface area contributed by atoms with Gasteiger partial charge in [-0.3, -0.25) is 9.89 Å². The Bertz CT molecular complexity index is 834. The Balaban J connectivity index is 0.00000363. The number of hydrogen-bond donors (Lipinski definition) is 2. The SMILES string of the molecule is CN=C(NCc1cccc(CN(C)C)c1)NCC(c1ccc(OC)cc1)N1CCCC1.I. The highest BCUT2D eigenvalue weighted by Gasteiger charge is 2.23. The largest absolute Gasteiger partial charge is 0.497 e. The molecule has 1 fully saturated rings. The first kappa shape index (κ1) is 26.4. The van der Waals surface area contributed by atoms with Crippen molar-refractivity contribution in [3.63, 3.8) is 0 Å². The zero-order valence-electron chi connectivity index (χ0n) is 19.8. The molecular weight excluding hydrogens is 513 g/mol. The first-order valence-corrected chi connectivity index (χ1v) is 11.1. The van der Waals surface area contributed by atoms with Gasteiger partial charge in [0, 0.05) is 26.7 Å². The minimum absolute atomic E-state index is 0. The van der Waals surface area contributed by atoms with E-state index in [0.29, 0.717) is 6.04 Å². The summed E-state index contributed by atoms with van der Waals surface area (Å²) in [5.41, 5.74) is 3.89. The van der Waals surface area contributed by atoms with Crippen molar-refractivity contribution in [1.29, 1.82) is 0 Å². The summed E-state index contributed by atoms with van der Waals surface area (Å²) in [6, 6.07) is 17.5. The maximum atomic E-state index is 5.33. The van der Waals surface area contributed by atoms with Crippen LogP contribution in [-0.4, -0.2) is 63.6 Å². The van der Waals surface area contributed by atoms with Crippen molar-refractivity contribution < 1.29 is 4.74 Å². The van der Waals surface area contributed by atoms with Gasteiger partial charge in [-0.05, 0) is 68.8 Å². The first-order chi connectivity index (χ1) is 15.1. The molecule has 176 valence electrons. The van der Waals surface area contributed by atoms with Gasteiger partial charge in [0.1, 0.15) is 5.75 Å². The van der Waals surface area contributed by atoms with Crippen LogP contribution >= 0.6 is 24.0 Å². The molecular formula is C25H38IN5O. The predicted molar refractivity (Wildman–Crippen MR) is 144 cm³/mol. The summed E-state index contributed by atoms with van der Waals surface area (Å²) in [6.45, 7) is 4.79. The monoisotopic (exact) mass is 551 g/mol. The Morgan fingerprint density at radius 1 is 1.06 bits per heavy atom. The third-order valence-corrected chi connectivity index (χ3v) is 5.72. The van der Waals surface area contributed by atoms with E-state index in [1.807, 2.05) is 19.2 Å². The Morgan fingerprint density at radius 2 is 1.75 bits per heavy atom. The average Bonchev–Trinajstić information content (AvgIpc) is 3.31. The lowest BCUT2D eigenvalue weighted by Gasteiger charge is -2.29. The van der Waals surface area contributed by atoms with Crippen molar-refractivity contribution in [1.82, 2.24) is 20.4 Å². The molecule has 1 heterocycles. The standard InChI is InChI=1S/C25H37N5O.HI/c1-26-25(27-17-20-8-7-9-21(16-20)19-29(2)3)28-18-24(30-14-5-6-15-30)22-10-12-23(31-4)13-11-22;/h7-13,16,24H,5-6,14-15,17-19H2,1-4H3,(H2,26,27,28);1H. The van der Waals surface area contributed by atoms with Gasteiger partial charge in [-0.1, -0.05) is 36.4 Å². The summed E-state index contributed by atoms with van der Waals surface area (Å²) in [6.07, 6.45) is 2.53. The normalized spacial score (nSPS) is 15.3. The Labute approximate surface area is 210 Å². The predicted octanol–water partition coefficient (Wildman–Crippen LogP) is 3.88. The van der Waals surface area contributed by atoms with Crippen molar-refractivity contribution in [3.8, 4) is 5.75 Å². The van der Waals surface area contributed by atoms with Gasteiger partial charge in [0.05, 0.1) is 13.2 Å². The molecule has 6 nitrogen and oxygen atoms in total. The first-order valence-electron chi connectivity index (χ1n) is 11.1. The van der Waals surface area contributed by atoms with Crippen molar-refractivity contribution in [3.05, 3.63) is 65.2 Å². The molecule has 1 atom stereocenters. The number of nitrogens with zero attached hydrogens (tertiary/aromatic N) is 3. The zero-order chi connectivity index (χ0) is 22.1. The van der Waals surface area contributed by atoms with E-state index >= 15 is 0 Å². The van der Waals surface area contributed by atoms with Gasteiger partial charge in [0.25, 0.3) is 0 Å². The minimum Gasteiger partial charge on any atom is -0.497 e. The fourth-order valence-electron chi connectivity index (χ4n) is 4.14. The number of hydrogen-bond acceptors (Lipinski definition) is 4. The van der Waals surface area contributed by atoms with Crippen LogP contribution < -0.4 is 15.4 Å². The molecule has 32 heavy (non-hydrogen) atoms. The third kappa shape index (κ3) is 7.94. The molecule has 7 heteroatoms. The maximum absolute atomic E-state index is 5.33. The highest BCUT2D eigenvalue weighted by atomic mass is 127. The van der Waals surface area contributed by atoms with Gasteiger partial charge in [0.2, 0.25) is 0 Å². The fourth-order valence-corrected chi connectivity index (χ4v) is 4.14. The van der Waals surface area contributed by atoms with E-state index in [0.717, 1.165) is 44.4 Å². The second-order valence-electron chi connectivity index (χ2n) is 8.40. The highest BCUT2D eigenvalue weighted by molar-refractivity contribution is 14.0. The highest BCUT2D eigenvalue weighted by Crippen LogP contribution is 2.26. The molecule has 0 radical (unpaired) electrons. The smallest absolute Gasteiger partial charge is 0.191 e. The Kier molecular flexibility index (Phi) is 11.3. The van der Waals surface area contributed by atoms with Crippen LogP contribution in [0.2, 0.25) is 0 Å². The van der Waals surface area contributed by atoms with Gasteiger partial charge in [0.15, 0.2) is 5.96 Å². The van der Waals surface area contributed by atoms with Crippen molar-refractivity contribution in [2.45, 2.75) is 32.0 Å². The molecule has 2 N–H and O–H groups in total. The Morgan fingerprint density at radius 3 is 2.38 bits per heavy atom. The summed E-state index contributed by atoms with van der Waals surface area (Å²) in [7, 11) is 7.73. The van der Waals surface area contributed by atoms with Crippen LogP contribution in [0.3, 0.4) is 0 Å². The number of aliphatic imine (C=N–C) groups is 1. The lowest BCUT2D eigenvalue weighted by molar-refractivity contribution is 0.245. The van der Waals surface area contributed by atoms with Gasteiger partial charge < -0.3 is 20.3 Å². The van der Waals surface area contributed by atoms with Gasteiger partial charge in [-0.15, -0.1) is 24.0 Å². The van der Waals surface area contributed by atoms with Crippen LogP contribution in [0, 0.1) is 0 Å². The van der Waals surface area contributed by atoms with Crippen LogP contribution in [0.1, 0.15) is 35.6 Å². The Hall–Kier alpha value is -1.84. The van der Waals surface area contributed by atoms with E-state index in [4.69, 9.17) is 4.74 Å². The summed E-state index contributed by atoms with van der Waals surface area (Å²) in [4.78, 5) is 9.19. The summed E-state index contributed by atoms with van der Waals surface area (Å²) < 4.78 is 5.33. The topological polar surface area (TPSA) is 52.1 Å². The number of halogens is 1. The summed E-state index contributed by atoms with van der Waals surface area (Å²) in [5, 5.41) is 7.02. The van der Waals surface area contributed by atoms with Crippen LogP contribution in [-0.2, 0) is 13.1 Å². The van der Waals surface area contributed by atoms with Crippen molar-refractivity contribution in [2.24, 2.45) is 4.99 Å². The van der Waals surface area contributed by atoms with E-state index < -0.39 is 0 Å². The molecule has 0 bridgehead atoms. The number of methoxy groups -OCH3 is 1. The molecule has 0 spiro atoms. The molecule has 2 aromatic carbocycles. The van der Waals surface area contributed by atoms with E-state index in [2.05, 4.69) is 75.9 Å². The lowest BCUT2D eigenvalue weighted by atomic mass is 10.1. The zero-order valence-corrected chi connectivity index (χ0v) is 22.1. The summed E-state index contributed by atoms with van der Waals surface area (Å²) >= 11 is 0. The second-order valence-corrected chi connectivity index (χ2v) is 8.40.